The van der Waals surface area contributed by atoms with Gasteiger partial charge in [-0.2, -0.15) is 0 Å². The van der Waals surface area contributed by atoms with Gasteiger partial charge in [0.1, 0.15) is 12.1 Å². The van der Waals surface area contributed by atoms with Crippen LogP contribution in [0.15, 0.2) is 18.2 Å². The topological polar surface area (TPSA) is 161 Å². The minimum absolute atomic E-state index is 0.0366. The molecule has 0 spiro atoms. The lowest BCUT2D eigenvalue weighted by atomic mass is 9.79. The maximum absolute atomic E-state index is 12.1. The first-order chi connectivity index (χ1) is 15.9. The SMILES string of the molecule is CCOC(=O)Oc1ccc(C(C(C)C(C)OC(=O)C(C)C)[C@@H](N)C(=O)O)cc1OC(=O)OCC. The Morgan fingerprint density at radius 1 is 0.912 bits per heavy atom. The van der Waals surface area contributed by atoms with Gasteiger partial charge in [-0.05, 0) is 38.5 Å². The van der Waals surface area contributed by atoms with Crippen molar-refractivity contribution in [1.82, 2.24) is 0 Å². The first-order valence-corrected chi connectivity index (χ1v) is 10.9. The molecule has 1 rings (SSSR count). The van der Waals surface area contributed by atoms with Crippen LogP contribution >= 0.6 is 0 Å². The second-order valence-corrected chi connectivity index (χ2v) is 7.82. The number of esters is 1. The molecule has 3 unspecified atom stereocenters. The minimum Gasteiger partial charge on any atom is -0.480 e. The Labute approximate surface area is 198 Å². The molecule has 1 aromatic carbocycles. The van der Waals surface area contributed by atoms with Crippen LogP contribution < -0.4 is 15.2 Å². The number of nitrogens with two attached hydrogens (primary N) is 1. The van der Waals surface area contributed by atoms with E-state index in [9.17, 15) is 24.3 Å². The molecule has 1 aromatic rings. The molecule has 0 bridgehead atoms. The highest BCUT2D eigenvalue weighted by Crippen LogP contribution is 2.37. The number of carboxylic acid groups (broad SMARTS) is 1. The Kier molecular flexibility index (Phi) is 11.3. The van der Waals surface area contributed by atoms with Crippen molar-refractivity contribution in [3.63, 3.8) is 0 Å². The summed E-state index contributed by atoms with van der Waals surface area (Å²) in [7, 11) is 0. The van der Waals surface area contributed by atoms with E-state index >= 15 is 0 Å². The van der Waals surface area contributed by atoms with E-state index < -0.39 is 48.2 Å². The first kappa shape index (κ1) is 28.7. The highest BCUT2D eigenvalue weighted by Gasteiger charge is 2.36. The van der Waals surface area contributed by atoms with Crippen molar-refractivity contribution in [1.29, 1.82) is 0 Å². The van der Waals surface area contributed by atoms with E-state index in [1.165, 1.54) is 18.2 Å². The molecule has 3 N–H and O–H groups in total. The monoisotopic (exact) mass is 483 g/mol. The van der Waals surface area contributed by atoms with Gasteiger partial charge in [0.25, 0.3) is 0 Å². The second-order valence-electron chi connectivity index (χ2n) is 7.82. The molecule has 0 aliphatic rings. The van der Waals surface area contributed by atoms with Crippen LogP contribution in [-0.2, 0) is 23.8 Å². The van der Waals surface area contributed by atoms with Crippen molar-refractivity contribution in [2.75, 3.05) is 13.2 Å². The summed E-state index contributed by atoms with van der Waals surface area (Å²) in [4.78, 5) is 47.6. The zero-order valence-electron chi connectivity index (χ0n) is 20.2. The molecule has 190 valence electrons. The van der Waals surface area contributed by atoms with E-state index in [0.717, 1.165) is 0 Å². The average Bonchev–Trinajstić information content (AvgIpc) is 2.75. The van der Waals surface area contributed by atoms with Gasteiger partial charge in [0.15, 0.2) is 11.5 Å². The maximum atomic E-state index is 12.1. The van der Waals surface area contributed by atoms with E-state index in [4.69, 9.17) is 29.4 Å². The Bertz CT molecular complexity index is 869. The van der Waals surface area contributed by atoms with Crippen molar-refractivity contribution in [3.05, 3.63) is 23.8 Å². The molecule has 0 amide bonds. The van der Waals surface area contributed by atoms with E-state index in [-0.39, 0.29) is 30.6 Å². The summed E-state index contributed by atoms with van der Waals surface area (Å²) in [5, 5.41) is 9.61. The number of benzene rings is 1. The molecule has 34 heavy (non-hydrogen) atoms. The smallest absolute Gasteiger partial charge is 0.480 e. The summed E-state index contributed by atoms with van der Waals surface area (Å²) in [6, 6.07) is 2.74. The second kappa shape index (κ2) is 13.4. The lowest BCUT2D eigenvalue weighted by Gasteiger charge is -2.32. The third-order valence-electron chi connectivity index (χ3n) is 5.02. The molecule has 0 saturated heterocycles. The largest absolute Gasteiger partial charge is 0.513 e. The normalized spacial score (nSPS) is 14.4. The van der Waals surface area contributed by atoms with Crippen LogP contribution in [0.1, 0.15) is 53.0 Å². The van der Waals surface area contributed by atoms with Crippen molar-refractivity contribution in [2.45, 2.75) is 59.6 Å². The van der Waals surface area contributed by atoms with E-state index in [1.807, 2.05) is 0 Å². The van der Waals surface area contributed by atoms with Crippen LogP contribution in [0, 0.1) is 11.8 Å². The van der Waals surface area contributed by atoms with Gasteiger partial charge in [0.2, 0.25) is 0 Å². The third-order valence-corrected chi connectivity index (χ3v) is 5.02. The highest BCUT2D eigenvalue weighted by molar-refractivity contribution is 5.75. The number of carbonyl (C=O) groups is 4. The van der Waals surface area contributed by atoms with Crippen LogP contribution in [0.5, 0.6) is 11.5 Å². The molecule has 11 nitrogen and oxygen atoms in total. The van der Waals surface area contributed by atoms with Crippen molar-refractivity contribution in [2.24, 2.45) is 17.6 Å². The average molecular weight is 484 g/mol. The van der Waals surface area contributed by atoms with Gasteiger partial charge >= 0.3 is 24.2 Å². The van der Waals surface area contributed by atoms with Crippen LogP contribution in [0.4, 0.5) is 9.59 Å². The fourth-order valence-electron chi connectivity index (χ4n) is 3.08. The predicted octanol–water partition coefficient (Wildman–Crippen LogP) is 3.48. The first-order valence-electron chi connectivity index (χ1n) is 10.9. The number of hydrogen-bond acceptors (Lipinski definition) is 10. The summed E-state index contributed by atoms with van der Waals surface area (Å²) in [5.74, 6) is -3.86. The fourth-order valence-corrected chi connectivity index (χ4v) is 3.08. The van der Waals surface area contributed by atoms with E-state index in [0.29, 0.717) is 5.56 Å². The van der Waals surface area contributed by atoms with Gasteiger partial charge in [0.05, 0.1) is 19.1 Å². The molecular formula is C23H33NO10. The van der Waals surface area contributed by atoms with Gasteiger partial charge < -0.3 is 34.5 Å². The van der Waals surface area contributed by atoms with Gasteiger partial charge in [-0.25, -0.2) is 9.59 Å². The van der Waals surface area contributed by atoms with Gasteiger partial charge in [-0.3, -0.25) is 9.59 Å². The lowest BCUT2D eigenvalue weighted by Crippen LogP contribution is -2.43. The number of aliphatic carboxylic acids is 1. The number of rotatable bonds is 11. The fraction of sp³-hybridized carbons (Fsp3) is 0.565. The molecule has 0 fully saturated rings. The summed E-state index contributed by atoms with van der Waals surface area (Å²) in [6.45, 7) is 9.97. The predicted molar refractivity (Wildman–Crippen MR) is 120 cm³/mol. The maximum Gasteiger partial charge on any atom is 0.513 e. The van der Waals surface area contributed by atoms with Crippen LogP contribution in [0.2, 0.25) is 0 Å². The summed E-state index contributed by atoms with van der Waals surface area (Å²) < 4.78 is 25.2. The highest BCUT2D eigenvalue weighted by atomic mass is 16.7. The van der Waals surface area contributed by atoms with Crippen LogP contribution in [-0.4, -0.2) is 54.7 Å². The third kappa shape index (κ3) is 8.22. The summed E-state index contributed by atoms with van der Waals surface area (Å²) in [6.07, 6.45) is -2.76. The molecule has 0 heterocycles. The molecule has 0 radical (unpaired) electrons. The molecular weight excluding hydrogens is 450 g/mol. The Balaban J connectivity index is 3.43. The molecule has 11 heteroatoms. The van der Waals surface area contributed by atoms with Gasteiger partial charge in [-0.1, -0.05) is 26.8 Å². The van der Waals surface area contributed by atoms with Gasteiger partial charge in [0, 0.05) is 11.8 Å². The molecule has 0 aliphatic heterocycles. The number of carboxylic acids is 1. The lowest BCUT2D eigenvalue weighted by molar-refractivity contribution is -0.155. The minimum atomic E-state index is -1.39. The van der Waals surface area contributed by atoms with E-state index in [1.54, 1.807) is 41.5 Å². The standard InChI is InChI=1S/C23H33NO10/c1-7-30-22(28)33-16-10-9-15(11-17(16)34-23(29)31-8-2)18(19(24)20(25)26)13(5)14(6)32-21(27)12(3)4/h9-14,18-19H,7-8,24H2,1-6H3,(H,25,26)/t13?,14?,18?,19-/m1/s1. The summed E-state index contributed by atoms with van der Waals surface area (Å²) in [5.41, 5.74) is 6.35. The van der Waals surface area contributed by atoms with E-state index in [2.05, 4.69) is 0 Å². The Morgan fingerprint density at radius 2 is 1.44 bits per heavy atom. The number of hydrogen-bond donors (Lipinski definition) is 2. The van der Waals surface area contributed by atoms with Crippen LogP contribution in [0.3, 0.4) is 0 Å². The Morgan fingerprint density at radius 3 is 1.91 bits per heavy atom. The van der Waals surface area contributed by atoms with Crippen LogP contribution in [0.25, 0.3) is 0 Å². The molecule has 0 aromatic heterocycles. The number of ether oxygens (including phenoxy) is 5. The Hall–Kier alpha value is -3.34. The molecule has 4 atom stereocenters. The summed E-state index contributed by atoms with van der Waals surface area (Å²) >= 11 is 0. The van der Waals surface area contributed by atoms with Crippen molar-refractivity contribution >= 4 is 24.2 Å². The zero-order chi connectivity index (χ0) is 26.0. The quantitative estimate of drug-likeness (QED) is 0.269. The molecule has 0 saturated carbocycles. The molecule has 0 aliphatic carbocycles. The number of carbonyl (C=O) groups excluding carboxylic acids is 3. The zero-order valence-corrected chi connectivity index (χ0v) is 20.2. The van der Waals surface area contributed by atoms with Gasteiger partial charge in [-0.15, -0.1) is 0 Å². The van der Waals surface area contributed by atoms with Crippen molar-refractivity contribution < 1.29 is 48.0 Å². The van der Waals surface area contributed by atoms with Crippen molar-refractivity contribution in [3.8, 4) is 11.5 Å².